The lowest BCUT2D eigenvalue weighted by Crippen LogP contribution is -2.16. The Hall–Kier alpha value is -2.51. The summed E-state index contributed by atoms with van der Waals surface area (Å²) in [6.07, 6.45) is 0. The van der Waals surface area contributed by atoms with Crippen molar-refractivity contribution in [3.05, 3.63) is 64.2 Å². The van der Waals surface area contributed by atoms with E-state index in [2.05, 4.69) is 6.07 Å². The van der Waals surface area contributed by atoms with Crippen molar-refractivity contribution >= 4 is 23.3 Å². The van der Waals surface area contributed by atoms with Gasteiger partial charge in [-0.2, -0.15) is 5.26 Å². The van der Waals surface area contributed by atoms with Crippen molar-refractivity contribution in [2.75, 3.05) is 11.9 Å². The van der Waals surface area contributed by atoms with Crippen molar-refractivity contribution in [2.24, 2.45) is 0 Å². The Kier molecular flexibility index (Phi) is 4.46. The van der Waals surface area contributed by atoms with Crippen LogP contribution >= 0.6 is 11.6 Å². The first-order valence-corrected chi connectivity index (χ1v) is 6.62. The van der Waals surface area contributed by atoms with Gasteiger partial charge in [0, 0.05) is 19.3 Å². The third-order valence-electron chi connectivity index (χ3n) is 3.10. The van der Waals surface area contributed by atoms with Crippen LogP contribution in [-0.4, -0.2) is 18.1 Å². The summed E-state index contributed by atoms with van der Waals surface area (Å²) in [6.45, 7) is 0.596. The fourth-order valence-electron chi connectivity index (χ4n) is 2.02. The molecule has 2 aromatic carbocycles. The maximum Gasteiger partial charge on any atom is 0.337 e. The third-order valence-corrected chi connectivity index (χ3v) is 3.41. The molecule has 0 bridgehead atoms. The lowest BCUT2D eigenvalue weighted by Gasteiger charge is -2.20. The highest BCUT2D eigenvalue weighted by atomic mass is 35.5. The normalized spacial score (nSPS) is 9.95. The van der Waals surface area contributed by atoms with E-state index in [-0.39, 0.29) is 10.6 Å². The second-order valence-corrected chi connectivity index (χ2v) is 5.04. The highest BCUT2D eigenvalue weighted by molar-refractivity contribution is 6.33. The molecular weight excluding hydrogens is 288 g/mol. The van der Waals surface area contributed by atoms with Crippen LogP contribution in [0, 0.1) is 11.3 Å². The second kappa shape index (κ2) is 6.29. The van der Waals surface area contributed by atoms with Gasteiger partial charge in [0.25, 0.3) is 0 Å². The van der Waals surface area contributed by atoms with Crippen LogP contribution in [0.15, 0.2) is 42.5 Å². The summed E-state index contributed by atoms with van der Waals surface area (Å²) in [5, 5.41) is 18.1. The Labute approximate surface area is 127 Å². The molecule has 0 saturated carbocycles. The minimum absolute atomic E-state index is 0.0836. The molecule has 0 aliphatic rings. The topological polar surface area (TPSA) is 64.3 Å². The zero-order chi connectivity index (χ0) is 15.4. The molecule has 0 aliphatic heterocycles. The van der Waals surface area contributed by atoms with Gasteiger partial charge in [0.05, 0.1) is 22.2 Å². The van der Waals surface area contributed by atoms with Crippen molar-refractivity contribution in [1.82, 2.24) is 0 Å². The number of halogens is 1. The summed E-state index contributed by atoms with van der Waals surface area (Å²) < 4.78 is 0. The number of carboxylic acids is 1. The van der Waals surface area contributed by atoms with Gasteiger partial charge in [-0.05, 0) is 35.9 Å². The minimum atomic E-state index is -1.05. The predicted octanol–water partition coefficient (Wildman–Crippen LogP) is 3.55. The third kappa shape index (κ3) is 3.53. The van der Waals surface area contributed by atoms with Crippen LogP contribution in [-0.2, 0) is 6.54 Å². The molecule has 0 spiro atoms. The maximum atomic E-state index is 10.9. The van der Waals surface area contributed by atoms with Crippen molar-refractivity contribution in [3.63, 3.8) is 0 Å². The summed E-state index contributed by atoms with van der Waals surface area (Å²) in [6, 6.07) is 14.3. The minimum Gasteiger partial charge on any atom is -0.478 e. The first-order valence-electron chi connectivity index (χ1n) is 6.24. The summed E-state index contributed by atoms with van der Waals surface area (Å²) in [4.78, 5) is 12.9. The number of hydrogen-bond acceptors (Lipinski definition) is 3. The SMILES string of the molecule is CN(Cc1cccc(C#N)c1)c1ccc(C(=O)O)c(Cl)c1. The van der Waals surface area contributed by atoms with Gasteiger partial charge in [-0.1, -0.05) is 23.7 Å². The van der Waals surface area contributed by atoms with Gasteiger partial charge in [-0.25, -0.2) is 4.79 Å². The molecule has 0 amide bonds. The van der Waals surface area contributed by atoms with Gasteiger partial charge in [0.2, 0.25) is 0 Å². The molecular formula is C16H13ClN2O2. The number of nitriles is 1. The average Bonchev–Trinajstić information content (AvgIpc) is 2.46. The Morgan fingerprint density at radius 2 is 2.10 bits per heavy atom. The van der Waals surface area contributed by atoms with Crippen molar-refractivity contribution < 1.29 is 9.90 Å². The molecule has 106 valence electrons. The van der Waals surface area contributed by atoms with Crippen LogP contribution in [0.5, 0.6) is 0 Å². The quantitative estimate of drug-likeness (QED) is 0.938. The highest BCUT2D eigenvalue weighted by Crippen LogP contribution is 2.24. The van der Waals surface area contributed by atoms with E-state index in [9.17, 15) is 4.79 Å². The molecule has 2 rings (SSSR count). The predicted molar refractivity (Wildman–Crippen MR) is 81.7 cm³/mol. The summed E-state index contributed by atoms with van der Waals surface area (Å²) in [7, 11) is 1.88. The standard InChI is InChI=1S/C16H13ClN2O2/c1-19(10-12-4-2-3-11(7-12)9-18)13-5-6-14(16(20)21)15(17)8-13/h2-8H,10H2,1H3,(H,20,21). The van der Waals surface area contributed by atoms with E-state index in [4.69, 9.17) is 22.0 Å². The van der Waals surface area contributed by atoms with Gasteiger partial charge < -0.3 is 10.0 Å². The Morgan fingerprint density at radius 1 is 1.33 bits per heavy atom. The van der Waals surface area contributed by atoms with Gasteiger partial charge in [0.15, 0.2) is 0 Å². The maximum absolute atomic E-state index is 10.9. The van der Waals surface area contributed by atoms with Gasteiger partial charge in [-0.15, -0.1) is 0 Å². The lowest BCUT2D eigenvalue weighted by molar-refractivity contribution is 0.0697. The summed E-state index contributed by atoms with van der Waals surface area (Å²) in [5.74, 6) is -1.05. The smallest absolute Gasteiger partial charge is 0.337 e. The van der Waals surface area contributed by atoms with Gasteiger partial charge in [0.1, 0.15) is 0 Å². The molecule has 0 heterocycles. The number of rotatable bonds is 4. The molecule has 0 saturated heterocycles. The number of nitrogens with zero attached hydrogens (tertiary/aromatic N) is 2. The number of benzene rings is 2. The molecule has 0 aromatic heterocycles. The van der Waals surface area contributed by atoms with Crippen molar-refractivity contribution in [1.29, 1.82) is 5.26 Å². The van der Waals surface area contributed by atoms with E-state index in [0.29, 0.717) is 12.1 Å². The van der Waals surface area contributed by atoms with Gasteiger partial charge in [-0.3, -0.25) is 0 Å². The number of carbonyl (C=O) groups is 1. The van der Waals surface area contributed by atoms with E-state index in [1.54, 1.807) is 18.2 Å². The molecule has 4 nitrogen and oxygen atoms in total. The van der Waals surface area contributed by atoms with Crippen molar-refractivity contribution in [3.8, 4) is 6.07 Å². The highest BCUT2D eigenvalue weighted by Gasteiger charge is 2.11. The van der Waals surface area contributed by atoms with E-state index >= 15 is 0 Å². The van der Waals surface area contributed by atoms with Crippen LogP contribution in [0.2, 0.25) is 5.02 Å². The number of carboxylic acid groups (broad SMARTS) is 1. The Morgan fingerprint density at radius 3 is 2.71 bits per heavy atom. The second-order valence-electron chi connectivity index (χ2n) is 4.64. The Bertz CT molecular complexity index is 722. The van der Waals surface area contributed by atoms with E-state index in [1.807, 2.05) is 30.1 Å². The van der Waals surface area contributed by atoms with Crippen molar-refractivity contribution in [2.45, 2.75) is 6.54 Å². The summed E-state index contributed by atoms with van der Waals surface area (Å²) in [5.41, 5.74) is 2.50. The molecule has 1 N–H and O–H groups in total. The number of anilines is 1. The fraction of sp³-hybridized carbons (Fsp3) is 0.125. The van der Waals surface area contributed by atoms with E-state index in [0.717, 1.165) is 11.3 Å². The molecule has 0 atom stereocenters. The number of aromatic carboxylic acids is 1. The van der Waals surface area contributed by atoms with Crippen LogP contribution < -0.4 is 4.90 Å². The molecule has 0 fully saturated rings. The fourth-order valence-corrected chi connectivity index (χ4v) is 2.27. The largest absolute Gasteiger partial charge is 0.478 e. The van der Waals surface area contributed by atoms with E-state index in [1.165, 1.54) is 6.07 Å². The number of hydrogen-bond donors (Lipinski definition) is 1. The van der Waals surface area contributed by atoms with E-state index < -0.39 is 5.97 Å². The molecule has 21 heavy (non-hydrogen) atoms. The zero-order valence-electron chi connectivity index (χ0n) is 11.4. The monoisotopic (exact) mass is 300 g/mol. The van der Waals surface area contributed by atoms with Crippen LogP contribution in [0.4, 0.5) is 5.69 Å². The van der Waals surface area contributed by atoms with Crippen LogP contribution in [0.1, 0.15) is 21.5 Å². The molecule has 5 heteroatoms. The molecule has 2 aromatic rings. The molecule has 0 radical (unpaired) electrons. The molecule has 0 unspecified atom stereocenters. The lowest BCUT2D eigenvalue weighted by atomic mass is 10.1. The average molecular weight is 301 g/mol. The first-order chi connectivity index (χ1) is 10.0. The van der Waals surface area contributed by atoms with Crippen LogP contribution in [0.25, 0.3) is 0 Å². The Balaban J connectivity index is 2.20. The van der Waals surface area contributed by atoms with Gasteiger partial charge >= 0.3 is 5.97 Å². The summed E-state index contributed by atoms with van der Waals surface area (Å²) >= 11 is 5.97. The van der Waals surface area contributed by atoms with Crippen LogP contribution in [0.3, 0.4) is 0 Å². The molecule has 0 aliphatic carbocycles. The zero-order valence-corrected chi connectivity index (χ0v) is 12.1. The first kappa shape index (κ1) is 14.9.